The first-order valence-corrected chi connectivity index (χ1v) is 3.42. The lowest BCUT2D eigenvalue weighted by Crippen LogP contribution is -2.16. The highest BCUT2D eigenvalue weighted by Gasteiger charge is 2.11. The number of rotatable bonds is 4. The van der Waals surface area contributed by atoms with Gasteiger partial charge in [0.25, 0.3) is 0 Å². The van der Waals surface area contributed by atoms with Crippen molar-refractivity contribution in [3.05, 3.63) is 0 Å². The van der Waals surface area contributed by atoms with Gasteiger partial charge in [-0.3, -0.25) is 4.79 Å². The zero-order valence-electron chi connectivity index (χ0n) is 6.35. The molecule has 3 heteroatoms. The fraction of sp³-hybridized carbons (Fsp3) is 0.714. The van der Waals surface area contributed by atoms with E-state index >= 15 is 0 Å². The largest absolute Gasteiger partial charge is 0.460 e. The van der Waals surface area contributed by atoms with E-state index in [9.17, 15) is 9.59 Å². The van der Waals surface area contributed by atoms with Gasteiger partial charge in [0.1, 0.15) is 0 Å². The molecule has 0 atom stereocenters. The van der Waals surface area contributed by atoms with Gasteiger partial charge in [-0.25, -0.2) is 4.79 Å². The standard InChI is InChI=1S/C7H12O3/c1-3-5-6(8)7(9)10-4-2/h3-5H2,1-2H3. The van der Waals surface area contributed by atoms with Crippen molar-refractivity contribution in [3.63, 3.8) is 0 Å². The fourth-order valence-corrected chi connectivity index (χ4v) is 0.541. The molecule has 0 fully saturated rings. The Morgan fingerprint density at radius 2 is 1.90 bits per heavy atom. The SMILES string of the molecule is CCCC(=O)C(=O)OCC. The molecule has 0 aliphatic rings. The molecule has 0 aromatic carbocycles. The van der Waals surface area contributed by atoms with Gasteiger partial charge in [-0.15, -0.1) is 0 Å². The summed E-state index contributed by atoms with van der Waals surface area (Å²) in [5, 5.41) is 0. The van der Waals surface area contributed by atoms with Crippen molar-refractivity contribution in [1.82, 2.24) is 0 Å². The minimum atomic E-state index is -0.704. The van der Waals surface area contributed by atoms with Crippen LogP contribution >= 0.6 is 0 Å². The summed E-state index contributed by atoms with van der Waals surface area (Å²) >= 11 is 0. The smallest absolute Gasteiger partial charge is 0.374 e. The van der Waals surface area contributed by atoms with E-state index in [1.54, 1.807) is 6.92 Å². The molecule has 0 N–H and O–H groups in total. The van der Waals surface area contributed by atoms with Crippen molar-refractivity contribution >= 4 is 11.8 Å². The van der Waals surface area contributed by atoms with Gasteiger partial charge in [-0.2, -0.15) is 0 Å². The monoisotopic (exact) mass is 144 g/mol. The molecule has 0 aromatic rings. The van der Waals surface area contributed by atoms with E-state index in [1.165, 1.54) is 0 Å². The maximum absolute atomic E-state index is 10.7. The van der Waals surface area contributed by atoms with Gasteiger partial charge < -0.3 is 4.74 Å². The summed E-state index contributed by atoms with van der Waals surface area (Å²) in [6.45, 7) is 3.79. The second-order valence-corrected chi connectivity index (χ2v) is 1.89. The Kier molecular flexibility index (Phi) is 4.54. The molecular formula is C7H12O3. The maximum atomic E-state index is 10.7. The van der Waals surface area contributed by atoms with Gasteiger partial charge in [0.2, 0.25) is 5.78 Å². The van der Waals surface area contributed by atoms with E-state index in [-0.39, 0.29) is 6.61 Å². The Morgan fingerprint density at radius 1 is 1.30 bits per heavy atom. The van der Waals surface area contributed by atoms with Crippen molar-refractivity contribution in [1.29, 1.82) is 0 Å². The molecule has 10 heavy (non-hydrogen) atoms. The van der Waals surface area contributed by atoms with Crippen LogP contribution in [0.3, 0.4) is 0 Å². The summed E-state index contributed by atoms with van der Waals surface area (Å²) in [6.07, 6.45) is 0.983. The predicted molar refractivity (Wildman–Crippen MR) is 36.5 cm³/mol. The second kappa shape index (κ2) is 4.97. The average molecular weight is 144 g/mol. The lowest BCUT2D eigenvalue weighted by Gasteiger charge is -1.97. The molecule has 3 nitrogen and oxygen atoms in total. The van der Waals surface area contributed by atoms with Crippen molar-refractivity contribution < 1.29 is 14.3 Å². The van der Waals surface area contributed by atoms with E-state index in [0.717, 1.165) is 0 Å². The Morgan fingerprint density at radius 3 is 2.30 bits per heavy atom. The number of ether oxygens (including phenoxy) is 1. The van der Waals surface area contributed by atoms with Crippen LogP contribution in [0.15, 0.2) is 0 Å². The van der Waals surface area contributed by atoms with Gasteiger partial charge in [0.15, 0.2) is 0 Å². The van der Waals surface area contributed by atoms with Crippen LogP contribution in [-0.4, -0.2) is 18.4 Å². The van der Waals surface area contributed by atoms with E-state index in [0.29, 0.717) is 12.8 Å². The lowest BCUT2D eigenvalue weighted by atomic mass is 10.2. The zero-order chi connectivity index (χ0) is 7.98. The third-order valence-corrected chi connectivity index (χ3v) is 0.980. The molecule has 0 amide bonds. The third-order valence-electron chi connectivity index (χ3n) is 0.980. The molecule has 0 heterocycles. The molecule has 58 valence electrons. The van der Waals surface area contributed by atoms with Gasteiger partial charge in [-0.05, 0) is 13.3 Å². The molecule has 0 spiro atoms. The normalized spacial score (nSPS) is 9.00. The number of esters is 1. The van der Waals surface area contributed by atoms with E-state index < -0.39 is 11.8 Å². The van der Waals surface area contributed by atoms with Crippen LogP contribution in [0.1, 0.15) is 26.7 Å². The number of carbonyl (C=O) groups is 2. The van der Waals surface area contributed by atoms with Crippen LogP contribution in [0.2, 0.25) is 0 Å². The summed E-state index contributed by atoms with van der Waals surface area (Å²) in [6, 6.07) is 0. The number of carbonyl (C=O) groups excluding carboxylic acids is 2. The first-order chi connectivity index (χ1) is 4.72. The molecule has 0 radical (unpaired) electrons. The lowest BCUT2D eigenvalue weighted by molar-refractivity contribution is -0.153. The zero-order valence-corrected chi connectivity index (χ0v) is 6.35. The van der Waals surface area contributed by atoms with Crippen molar-refractivity contribution in [2.45, 2.75) is 26.7 Å². The van der Waals surface area contributed by atoms with Crippen molar-refractivity contribution in [3.8, 4) is 0 Å². The van der Waals surface area contributed by atoms with Crippen LogP contribution in [0.25, 0.3) is 0 Å². The van der Waals surface area contributed by atoms with Gasteiger partial charge in [-0.1, -0.05) is 6.92 Å². The molecule has 0 saturated carbocycles. The summed E-state index contributed by atoms with van der Waals surface area (Å²) in [7, 11) is 0. The topological polar surface area (TPSA) is 43.4 Å². The fourth-order valence-electron chi connectivity index (χ4n) is 0.541. The van der Waals surface area contributed by atoms with Crippen molar-refractivity contribution in [2.24, 2.45) is 0 Å². The van der Waals surface area contributed by atoms with Crippen LogP contribution in [-0.2, 0) is 14.3 Å². The van der Waals surface area contributed by atoms with Crippen LogP contribution in [0.5, 0.6) is 0 Å². The Bertz CT molecular complexity index is 113. The number of Topliss-reactive ketones (excluding diaryl/α,β-unsaturated/α-hetero) is 1. The molecule has 0 aromatic heterocycles. The van der Waals surface area contributed by atoms with Gasteiger partial charge in [0.05, 0.1) is 6.61 Å². The summed E-state index contributed by atoms with van der Waals surface area (Å²) in [5.74, 6) is -1.13. The first kappa shape index (κ1) is 9.14. The number of ketones is 1. The second-order valence-electron chi connectivity index (χ2n) is 1.89. The van der Waals surface area contributed by atoms with Crippen LogP contribution in [0.4, 0.5) is 0 Å². The molecule has 0 saturated heterocycles. The van der Waals surface area contributed by atoms with Crippen LogP contribution in [0, 0.1) is 0 Å². The number of hydrogen-bond donors (Lipinski definition) is 0. The molecule has 0 rings (SSSR count). The van der Waals surface area contributed by atoms with Crippen molar-refractivity contribution in [2.75, 3.05) is 6.61 Å². The summed E-state index contributed by atoms with van der Waals surface area (Å²) in [5.41, 5.74) is 0. The quantitative estimate of drug-likeness (QED) is 0.435. The van der Waals surface area contributed by atoms with Crippen LogP contribution < -0.4 is 0 Å². The highest BCUT2D eigenvalue weighted by molar-refractivity contribution is 6.33. The molecule has 0 unspecified atom stereocenters. The Hall–Kier alpha value is -0.860. The number of hydrogen-bond acceptors (Lipinski definition) is 3. The summed E-state index contributed by atoms with van der Waals surface area (Å²) in [4.78, 5) is 21.2. The van der Waals surface area contributed by atoms with Gasteiger partial charge in [0, 0.05) is 6.42 Å². The third kappa shape index (κ3) is 3.22. The van der Waals surface area contributed by atoms with Gasteiger partial charge >= 0.3 is 5.97 Å². The highest BCUT2D eigenvalue weighted by atomic mass is 16.5. The minimum absolute atomic E-state index is 0.272. The first-order valence-electron chi connectivity index (χ1n) is 3.42. The molecule has 0 bridgehead atoms. The minimum Gasteiger partial charge on any atom is -0.460 e. The maximum Gasteiger partial charge on any atom is 0.374 e. The highest BCUT2D eigenvalue weighted by Crippen LogP contribution is 1.91. The predicted octanol–water partition coefficient (Wildman–Crippen LogP) is 0.919. The van der Waals surface area contributed by atoms with E-state index in [1.807, 2.05) is 6.92 Å². The average Bonchev–Trinajstić information content (AvgIpc) is 1.89. The molecular weight excluding hydrogens is 132 g/mol. The summed E-state index contributed by atoms with van der Waals surface area (Å²) < 4.78 is 4.47. The van der Waals surface area contributed by atoms with E-state index in [4.69, 9.17) is 0 Å². The Balaban J connectivity index is 3.60. The molecule has 0 aliphatic heterocycles. The molecule has 0 aliphatic carbocycles. The Labute approximate surface area is 60.4 Å². The van der Waals surface area contributed by atoms with E-state index in [2.05, 4.69) is 4.74 Å².